The van der Waals surface area contributed by atoms with Gasteiger partial charge >= 0.3 is 0 Å². The van der Waals surface area contributed by atoms with E-state index in [1.165, 1.54) is 60.7 Å². The van der Waals surface area contributed by atoms with Crippen molar-refractivity contribution in [3.8, 4) is 44.5 Å². The predicted octanol–water partition coefficient (Wildman–Crippen LogP) is 16.7. The Morgan fingerprint density at radius 1 is 0.344 bits per heavy atom. The minimum atomic E-state index is -0.108. The predicted molar refractivity (Wildman–Crippen MR) is 257 cm³/mol. The van der Waals surface area contributed by atoms with Crippen LogP contribution in [0.5, 0.6) is 0 Å². The van der Waals surface area contributed by atoms with Crippen molar-refractivity contribution >= 4 is 60.5 Å². The Morgan fingerprint density at radius 3 is 1.67 bits per heavy atom. The molecule has 288 valence electrons. The minimum absolute atomic E-state index is 0.108. The van der Waals surface area contributed by atoms with Gasteiger partial charge in [0.1, 0.15) is 11.2 Å². The molecule has 1 heterocycles. The third-order valence-corrected chi connectivity index (χ3v) is 13.0. The number of anilines is 3. The van der Waals surface area contributed by atoms with Crippen molar-refractivity contribution < 1.29 is 4.42 Å². The van der Waals surface area contributed by atoms with Crippen LogP contribution in [0.15, 0.2) is 217 Å². The summed E-state index contributed by atoms with van der Waals surface area (Å²) in [4.78, 5) is 2.41. The van der Waals surface area contributed by atoms with Crippen LogP contribution >= 0.6 is 0 Å². The molecule has 0 unspecified atom stereocenters. The van der Waals surface area contributed by atoms with Crippen LogP contribution < -0.4 is 4.90 Å². The molecule has 0 atom stereocenters. The molecule has 0 radical (unpaired) electrons. The van der Waals surface area contributed by atoms with E-state index in [1.54, 1.807) is 0 Å². The van der Waals surface area contributed by atoms with Gasteiger partial charge in [-0.05, 0) is 126 Å². The van der Waals surface area contributed by atoms with E-state index in [9.17, 15) is 0 Å². The van der Waals surface area contributed by atoms with Crippen LogP contribution in [0, 0.1) is 0 Å². The van der Waals surface area contributed by atoms with E-state index < -0.39 is 0 Å². The molecule has 10 aromatic carbocycles. The molecular weight excluding hydrogens is 739 g/mol. The third-order valence-electron chi connectivity index (χ3n) is 13.0. The van der Waals surface area contributed by atoms with E-state index in [4.69, 9.17) is 4.42 Å². The Bertz CT molecular complexity index is 3490. The lowest BCUT2D eigenvalue weighted by Crippen LogP contribution is -2.16. The summed E-state index contributed by atoms with van der Waals surface area (Å²) in [6.45, 7) is 4.71. The highest BCUT2D eigenvalue weighted by atomic mass is 16.3. The number of benzene rings is 10. The zero-order chi connectivity index (χ0) is 40.7. The van der Waals surface area contributed by atoms with Crippen LogP contribution in [0.2, 0.25) is 0 Å². The molecule has 11 aromatic rings. The summed E-state index contributed by atoms with van der Waals surface area (Å²) in [7, 11) is 0. The highest BCUT2D eigenvalue weighted by Crippen LogP contribution is 2.51. The zero-order valence-corrected chi connectivity index (χ0v) is 34.1. The Balaban J connectivity index is 1.02. The van der Waals surface area contributed by atoms with Gasteiger partial charge < -0.3 is 9.32 Å². The van der Waals surface area contributed by atoms with Gasteiger partial charge in [-0.2, -0.15) is 0 Å². The highest BCUT2D eigenvalue weighted by Gasteiger charge is 2.35. The van der Waals surface area contributed by atoms with Crippen LogP contribution in [-0.4, -0.2) is 0 Å². The lowest BCUT2D eigenvalue weighted by Gasteiger charge is -2.28. The molecule has 1 aromatic heterocycles. The van der Waals surface area contributed by atoms with Gasteiger partial charge in [-0.25, -0.2) is 0 Å². The lowest BCUT2D eigenvalue weighted by molar-refractivity contribution is 0.660. The van der Waals surface area contributed by atoms with Crippen molar-refractivity contribution in [3.05, 3.63) is 223 Å². The maximum Gasteiger partial charge on any atom is 0.143 e. The van der Waals surface area contributed by atoms with Gasteiger partial charge in [0.25, 0.3) is 0 Å². The van der Waals surface area contributed by atoms with Gasteiger partial charge in [-0.15, -0.1) is 0 Å². The molecule has 0 aliphatic heterocycles. The van der Waals surface area contributed by atoms with E-state index in [1.807, 2.05) is 0 Å². The maximum absolute atomic E-state index is 6.85. The molecule has 1 aliphatic carbocycles. The average molecular weight is 780 g/mol. The van der Waals surface area contributed by atoms with Crippen LogP contribution in [0.4, 0.5) is 17.1 Å². The Hall–Kier alpha value is -7.68. The molecule has 0 amide bonds. The Morgan fingerprint density at radius 2 is 0.902 bits per heavy atom. The largest absolute Gasteiger partial charge is 0.455 e. The van der Waals surface area contributed by atoms with Gasteiger partial charge in [-0.1, -0.05) is 172 Å². The summed E-state index contributed by atoms with van der Waals surface area (Å²) in [5.74, 6) is 0. The van der Waals surface area contributed by atoms with Gasteiger partial charge in [0.05, 0.1) is 0 Å². The fraction of sp³-hybridized carbons (Fsp3) is 0.0508. The monoisotopic (exact) mass is 779 g/mol. The topological polar surface area (TPSA) is 16.4 Å². The van der Waals surface area contributed by atoms with E-state index in [0.29, 0.717) is 0 Å². The second kappa shape index (κ2) is 13.7. The molecule has 0 N–H and O–H groups in total. The maximum atomic E-state index is 6.85. The van der Waals surface area contributed by atoms with E-state index in [-0.39, 0.29) is 5.41 Å². The Labute approximate surface area is 355 Å². The summed E-state index contributed by atoms with van der Waals surface area (Å²) < 4.78 is 6.85. The molecule has 0 saturated heterocycles. The van der Waals surface area contributed by atoms with E-state index in [0.717, 1.165) is 55.5 Å². The molecule has 0 saturated carbocycles. The van der Waals surface area contributed by atoms with Crippen molar-refractivity contribution in [2.75, 3.05) is 4.90 Å². The molecule has 12 rings (SSSR count). The van der Waals surface area contributed by atoms with Crippen molar-refractivity contribution in [1.82, 2.24) is 0 Å². The second-order valence-corrected chi connectivity index (χ2v) is 16.9. The first-order valence-electron chi connectivity index (χ1n) is 21.2. The normalized spacial score (nSPS) is 12.9. The number of fused-ring (bicyclic) bond motifs is 9. The molecule has 1 aliphatic rings. The molecule has 61 heavy (non-hydrogen) atoms. The number of rotatable bonds is 6. The van der Waals surface area contributed by atoms with E-state index in [2.05, 4.69) is 231 Å². The SMILES string of the molecule is CC1(C)c2ccccc2-c2ccc(N(c3ccc(-c4cc5c6cc(-c7ccccc7)c(-c7ccccc7)cc6oc5c5ccccc45)cc3)c3ccc4ccccc4c3)cc21. The second-order valence-electron chi connectivity index (χ2n) is 16.9. The fourth-order valence-corrected chi connectivity index (χ4v) is 9.98. The first-order valence-corrected chi connectivity index (χ1v) is 21.2. The summed E-state index contributed by atoms with van der Waals surface area (Å²) in [5.41, 5.74) is 17.5. The number of furan rings is 1. The van der Waals surface area contributed by atoms with Crippen molar-refractivity contribution in [1.29, 1.82) is 0 Å². The number of hydrogen-bond donors (Lipinski definition) is 0. The number of hydrogen-bond acceptors (Lipinski definition) is 2. The summed E-state index contributed by atoms with van der Waals surface area (Å²) in [6.07, 6.45) is 0. The first kappa shape index (κ1) is 35.3. The lowest BCUT2D eigenvalue weighted by atomic mass is 9.82. The van der Waals surface area contributed by atoms with Gasteiger partial charge in [0, 0.05) is 38.6 Å². The van der Waals surface area contributed by atoms with Gasteiger partial charge in [0.2, 0.25) is 0 Å². The molecule has 0 spiro atoms. The third kappa shape index (κ3) is 5.64. The molecule has 2 heteroatoms. The summed E-state index contributed by atoms with van der Waals surface area (Å²) >= 11 is 0. The summed E-state index contributed by atoms with van der Waals surface area (Å²) in [6, 6.07) is 77.3. The van der Waals surface area contributed by atoms with Crippen LogP contribution in [0.1, 0.15) is 25.0 Å². The van der Waals surface area contributed by atoms with Crippen molar-refractivity contribution in [2.45, 2.75) is 19.3 Å². The molecule has 0 fully saturated rings. The Kier molecular flexibility index (Phi) is 7.92. The fourth-order valence-electron chi connectivity index (χ4n) is 9.98. The van der Waals surface area contributed by atoms with Crippen LogP contribution in [0.25, 0.3) is 88.0 Å². The van der Waals surface area contributed by atoms with Crippen molar-refractivity contribution in [2.24, 2.45) is 0 Å². The smallest absolute Gasteiger partial charge is 0.143 e. The van der Waals surface area contributed by atoms with Crippen molar-refractivity contribution in [3.63, 3.8) is 0 Å². The average Bonchev–Trinajstić information content (AvgIpc) is 3.80. The van der Waals surface area contributed by atoms with Crippen LogP contribution in [-0.2, 0) is 5.41 Å². The van der Waals surface area contributed by atoms with Gasteiger partial charge in [-0.3, -0.25) is 0 Å². The van der Waals surface area contributed by atoms with E-state index >= 15 is 0 Å². The quantitative estimate of drug-likeness (QED) is 0.167. The van der Waals surface area contributed by atoms with Gasteiger partial charge in [0.15, 0.2) is 0 Å². The minimum Gasteiger partial charge on any atom is -0.455 e. The van der Waals surface area contributed by atoms with Crippen LogP contribution in [0.3, 0.4) is 0 Å². The zero-order valence-electron chi connectivity index (χ0n) is 34.1. The molecule has 0 bridgehead atoms. The number of nitrogens with zero attached hydrogens (tertiary/aromatic N) is 1. The molecule has 2 nitrogen and oxygen atoms in total. The summed E-state index contributed by atoms with van der Waals surface area (Å²) in [5, 5.41) is 6.95. The first-order chi connectivity index (χ1) is 30.0. The highest BCUT2D eigenvalue weighted by molar-refractivity contribution is 6.20. The standard InChI is InChI=1S/C59H41NO/c1-59(2)55-24-14-13-22-47(55)48-32-31-45(34-56(48)59)60(44-30-25-38-15-9-10-20-42(38)33-44)43-28-26-41(27-29-43)50-36-54-53-35-51(39-16-5-3-6-17-39)52(40-18-7-4-8-19-40)37-57(53)61-58(54)49-23-12-11-21-46(49)50/h3-37H,1-2H3. The molecular formula is C59H41NO.